The van der Waals surface area contributed by atoms with E-state index in [1.807, 2.05) is 18.2 Å². The number of halogens is 1. The van der Waals surface area contributed by atoms with Crippen LogP contribution in [0.1, 0.15) is 47.0 Å². The van der Waals surface area contributed by atoms with E-state index in [1.165, 1.54) is 19.3 Å². The molecule has 0 saturated heterocycles. The third-order valence-corrected chi connectivity index (χ3v) is 4.31. The fourth-order valence-corrected chi connectivity index (χ4v) is 4.13. The Bertz CT molecular complexity index is 466. The van der Waals surface area contributed by atoms with Gasteiger partial charge in [0.05, 0.1) is 12.8 Å². The van der Waals surface area contributed by atoms with E-state index in [4.69, 9.17) is 16.3 Å². The summed E-state index contributed by atoms with van der Waals surface area (Å²) in [5.41, 5.74) is 1.73. The Morgan fingerprint density at radius 1 is 1.15 bits per heavy atom. The zero-order valence-electron chi connectivity index (χ0n) is 13.2. The second-order valence-electron chi connectivity index (χ2n) is 7.60. The molecule has 20 heavy (non-hydrogen) atoms. The molecule has 1 aliphatic rings. The summed E-state index contributed by atoms with van der Waals surface area (Å²) in [4.78, 5) is 0. The quantitative estimate of drug-likeness (QED) is 0.810. The number of methoxy groups -OCH3 is 1. The van der Waals surface area contributed by atoms with Crippen molar-refractivity contribution in [3.63, 3.8) is 0 Å². The molecule has 1 saturated carbocycles. The average Bonchev–Trinajstić information content (AvgIpc) is 2.24. The summed E-state index contributed by atoms with van der Waals surface area (Å²) in [6, 6.07) is 6.19. The highest BCUT2D eigenvalue weighted by molar-refractivity contribution is 6.30. The molecule has 0 unspecified atom stereocenters. The van der Waals surface area contributed by atoms with Gasteiger partial charge < -0.3 is 10.1 Å². The van der Waals surface area contributed by atoms with Crippen molar-refractivity contribution in [1.82, 2.24) is 0 Å². The van der Waals surface area contributed by atoms with Gasteiger partial charge in [0, 0.05) is 11.1 Å². The first kappa shape index (κ1) is 15.5. The molecule has 1 aromatic rings. The van der Waals surface area contributed by atoms with E-state index in [2.05, 4.69) is 33.0 Å². The molecule has 1 aliphatic carbocycles. The van der Waals surface area contributed by atoms with E-state index >= 15 is 0 Å². The second-order valence-corrected chi connectivity index (χ2v) is 8.04. The van der Waals surface area contributed by atoms with Crippen LogP contribution in [0.3, 0.4) is 0 Å². The normalized spacial score (nSPS) is 21.5. The maximum Gasteiger partial charge on any atom is 0.142 e. The molecule has 1 fully saturated rings. The number of ether oxygens (including phenoxy) is 1. The molecule has 0 aromatic heterocycles. The Labute approximate surface area is 127 Å². The summed E-state index contributed by atoms with van der Waals surface area (Å²) in [7, 11) is 1.70. The zero-order valence-corrected chi connectivity index (χ0v) is 14.0. The molecule has 0 radical (unpaired) electrons. The van der Waals surface area contributed by atoms with Gasteiger partial charge in [-0.15, -0.1) is 0 Å². The van der Waals surface area contributed by atoms with Crippen molar-refractivity contribution in [3.8, 4) is 5.75 Å². The topological polar surface area (TPSA) is 21.3 Å². The molecule has 0 spiro atoms. The summed E-state index contributed by atoms with van der Waals surface area (Å²) < 4.78 is 5.42. The van der Waals surface area contributed by atoms with Crippen LogP contribution in [0.2, 0.25) is 5.02 Å². The molecule has 0 amide bonds. The third kappa shape index (κ3) is 3.82. The smallest absolute Gasteiger partial charge is 0.142 e. The fourth-order valence-electron chi connectivity index (χ4n) is 3.96. The van der Waals surface area contributed by atoms with E-state index in [1.54, 1.807) is 7.11 Å². The van der Waals surface area contributed by atoms with Crippen LogP contribution < -0.4 is 10.1 Å². The summed E-state index contributed by atoms with van der Waals surface area (Å²) in [5, 5.41) is 4.38. The van der Waals surface area contributed by atoms with Crippen LogP contribution in [0.4, 0.5) is 5.69 Å². The maximum absolute atomic E-state index is 6.11. The van der Waals surface area contributed by atoms with Gasteiger partial charge >= 0.3 is 0 Å². The first-order valence-corrected chi connectivity index (χ1v) is 7.69. The lowest BCUT2D eigenvalue weighted by molar-refractivity contribution is 0.105. The summed E-state index contributed by atoms with van der Waals surface area (Å²) in [6.45, 7) is 9.44. The lowest BCUT2D eigenvalue weighted by Crippen LogP contribution is -2.40. The van der Waals surface area contributed by atoms with Gasteiger partial charge in [0.1, 0.15) is 5.75 Å². The van der Waals surface area contributed by atoms with E-state index in [-0.39, 0.29) is 0 Å². The van der Waals surface area contributed by atoms with E-state index in [9.17, 15) is 0 Å². The molecule has 1 aromatic carbocycles. The van der Waals surface area contributed by atoms with Crippen LogP contribution in [0.25, 0.3) is 0 Å². The highest BCUT2D eigenvalue weighted by Crippen LogP contribution is 2.46. The van der Waals surface area contributed by atoms with E-state index in [0.717, 1.165) is 16.5 Å². The zero-order chi connectivity index (χ0) is 15.0. The number of benzene rings is 1. The first-order valence-electron chi connectivity index (χ1n) is 7.31. The predicted octanol–water partition coefficient (Wildman–Crippen LogP) is 5.37. The molecule has 3 heteroatoms. The first-order chi connectivity index (χ1) is 9.21. The van der Waals surface area contributed by atoms with Gasteiger partial charge in [-0.3, -0.25) is 0 Å². The maximum atomic E-state index is 6.11. The van der Waals surface area contributed by atoms with Gasteiger partial charge in [-0.1, -0.05) is 39.3 Å². The van der Waals surface area contributed by atoms with Crippen LogP contribution in [-0.4, -0.2) is 13.2 Å². The van der Waals surface area contributed by atoms with Crippen molar-refractivity contribution in [2.24, 2.45) is 10.8 Å². The van der Waals surface area contributed by atoms with E-state index in [0.29, 0.717) is 16.9 Å². The number of hydrogen-bond acceptors (Lipinski definition) is 2. The van der Waals surface area contributed by atoms with Crippen molar-refractivity contribution in [3.05, 3.63) is 23.2 Å². The van der Waals surface area contributed by atoms with Gasteiger partial charge in [-0.25, -0.2) is 0 Å². The number of anilines is 1. The number of rotatable bonds is 3. The third-order valence-electron chi connectivity index (χ3n) is 4.08. The highest BCUT2D eigenvalue weighted by Gasteiger charge is 2.38. The predicted molar refractivity (Wildman–Crippen MR) is 86.8 cm³/mol. The molecular weight excluding hydrogens is 270 g/mol. The minimum absolute atomic E-state index is 0.366. The van der Waals surface area contributed by atoms with Crippen LogP contribution in [0, 0.1) is 10.8 Å². The van der Waals surface area contributed by atoms with E-state index < -0.39 is 0 Å². The molecule has 2 nitrogen and oxygen atoms in total. The van der Waals surface area contributed by atoms with Crippen LogP contribution in [-0.2, 0) is 0 Å². The Hall–Kier alpha value is -0.890. The molecule has 0 aliphatic heterocycles. The van der Waals surface area contributed by atoms with Gasteiger partial charge in [-0.05, 0) is 48.3 Å². The molecule has 1 N–H and O–H groups in total. The Balaban J connectivity index is 2.19. The van der Waals surface area contributed by atoms with Gasteiger partial charge in [-0.2, -0.15) is 0 Å². The summed E-state index contributed by atoms with van der Waals surface area (Å²) >= 11 is 6.11. The van der Waals surface area contributed by atoms with Crippen molar-refractivity contribution < 1.29 is 4.74 Å². The average molecular weight is 296 g/mol. The molecule has 0 bridgehead atoms. The van der Waals surface area contributed by atoms with Crippen LogP contribution in [0.5, 0.6) is 5.75 Å². The Kier molecular flexibility index (Phi) is 4.24. The van der Waals surface area contributed by atoms with Crippen LogP contribution in [0.15, 0.2) is 18.2 Å². The second kappa shape index (κ2) is 5.48. The Morgan fingerprint density at radius 3 is 2.30 bits per heavy atom. The lowest BCUT2D eigenvalue weighted by Gasteiger charge is -2.45. The lowest BCUT2D eigenvalue weighted by atomic mass is 9.63. The minimum atomic E-state index is 0.366. The number of hydrogen-bond donors (Lipinski definition) is 1. The van der Waals surface area contributed by atoms with Crippen molar-refractivity contribution in [2.45, 2.75) is 53.0 Å². The standard InChI is InChI=1S/C17H26ClNO/c1-16(2)9-13(10-17(3,4)11-16)19-14-8-12(18)6-7-15(14)20-5/h6-8,13,19H,9-11H2,1-5H3. The molecule has 0 heterocycles. The minimum Gasteiger partial charge on any atom is -0.495 e. The number of nitrogens with one attached hydrogen (secondary N) is 1. The molecular formula is C17H26ClNO. The van der Waals surface area contributed by atoms with Crippen molar-refractivity contribution in [2.75, 3.05) is 12.4 Å². The van der Waals surface area contributed by atoms with Crippen molar-refractivity contribution in [1.29, 1.82) is 0 Å². The Morgan fingerprint density at radius 2 is 1.75 bits per heavy atom. The van der Waals surface area contributed by atoms with Crippen molar-refractivity contribution >= 4 is 17.3 Å². The molecule has 0 atom stereocenters. The molecule has 2 rings (SSSR count). The summed E-state index contributed by atoms with van der Waals surface area (Å²) in [6.07, 6.45) is 3.61. The van der Waals surface area contributed by atoms with Gasteiger partial charge in [0.25, 0.3) is 0 Å². The molecule has 112 valence electrons. The van der Waals surface area contributed by atoms with Gasteiger partial charge in [0.2, 0.25) is 0 Å². The SMILES string of the molecule is COc1ccc(Cl)cc1NC1CC(C)(C)CC(C)(C)C1. The van der Waals surface area contributed by atoms with Gasteiger partial charge in [0.15, 0.2) is 0 Å². The van der Waals surface area contributed by atoms with Crippen LogP contribution >= 0.6 is 11.6 Å². The fraction of sp³-hybridized carbons (Fsp3) is 0.647. The monoisotopic (exact) mass is 295 g/mol. The highest BCUT2D eigenvalue weighted by atomic mass is 35.5. The largest absolute Gasteiger partial charge is 0.495 e. The summed E-state index contributed by atoms with van der Waals surface area (Å²) in [5.74, 6) is 0.857.